The number of piperidine rings is 1. The van der Waals surface area contributed by atoms with Crippen LogP contribution in [0.15, 0.2) is 67.0 Å². The van der Waals surface area contributed by atoms with Crippen molar-refractivity contribution < 1.29 is 14.5 Å². The summed E-state index contributed by atoms with van der Waals surface area (Å²) in [4.78, 5) is 37.3. The molecule has 0 bridgehead atoms. The second-order valence-electron chi connectivity index (χ2n) is 8.07. The highest BCUT2D eigenvalue weighted by Crippen LogP contribution is 2.18. The standard InChI is InChI=1S/C24H25N5O4/c30-23(11-6-18-4-2-1-3-5-18)26-20-12-14-27(15-13-20)24(31)19-16-25-28(17-19)21-7-9-22(10-8-21)29(32)33/h1-5,7-10,16-17,20H,6,11-15H2,(H,26,30). The van der Waals surface area contributed by atoms with Gasteiger partial charge in [0, 0.05) is 43.9 Å². The van der Waals surface area contributed by atoms with Crippen LogP contribution in [0, 0.1) is 10.1 Å². The summed E-state index contributed by atoms with van der Waals surface area (Å²) in [7, 11) is 0. The monoisotopic (exact) mass is 447 g/mol. The molecule has 1 aromatic heterocycles. The van der Waals surface area contributed by atoms with Crippen LogP contribution in [0.3, 0.4) is 0 Å². The van der Waals surface area contributed by atoms with Gasteiger partial charge in [0.15, 0.2) is 0 Å². The van der Waals surface area contributed by atoms with Crippen LogP contribution in [0.4, 0.5) is 5.69 Å². The number of nitrogens with zero attached hydrogens (tertiary/aromatic N) is 4. The van der Waals surface area contributed by atoms with E-state index in [-0.39, 0.29) is 23.5 Å². The fourth-order valence-electron chi connectivity index (χ4n) is 3.91. The van der Waals surface area contributed by atoms with E-state index in [1.807, 2.05) is 30.3 Å². The molecule has 1 fully saturated rings. The van der Waals surface area contributed by atoms with E-state index in [0.29, 0.717) is 50.0 Å². The number of nitrogens with one attached hydrogen (secondary N) is 1. The molecule has 0 atom stereocenters. The SMILES string of the molecule is O=C(CCc1ccccc1)NC1CCN(C(=O)c2cnn(-c3ccc([N+](=O)[O-])cc3)c2)CC1. The van der Waals surface area contributed by atoms with Crippen LogP contribution in [0.2, 0.25) is 0 Å². The summed E-state index contributed by atoms with van der Waals surface area (Å²) in [6.45, 7) is 1.12. The first-order valence-corrected chi connectivity index (χ1v) is 10.9. The normalized spacial score (nSPS) is 14.1. The predicted molar refractivity (Wildman–Crippen MR) is 122 cm³/mol. The average molecular weight is 447 g/mol. The van der Waals surface area contributed by atoms with Crippen molar-refractivity contribution in [1.29, 1.82) is 0 Å². The molecule has 3 aromatic rings. The molecular weight excluding hydrogens is 422 g/mol. The van der Waals surface area contributed by atoms with Gasteiger partial charge in [0.25, 0.3) is 11.6 Å². The molecular formula is C24H25N5O4. The van der Waals surface area contributed by atoms with E-state index in [9.17, 15) is 19.7 Å². The van der Waals surface area contributed by atoms with Crippen LogP contribution in [-0.2, 0) is 11.2 Å². The highest BCUT2D eigenvalue weighted by molar-refractivity contribution is 5.94. The van der Waals surface area contributed by atoms with Gasteiger partial charge in [0.2, 0.25) is 5.91 Å². The minimum atomic E-state index is -0.461. The lowest BCUT2D eigenvalue weighted by atomic mass is 10.0. The number of carbonyl (C=O) groups is 2. The Hall–Kier alpha value is -4.01. The van der Waals surface area contributed by atoms with Crippen LogP contribution in [-0.4, -0.2) is 50.5 Å². The number of aryl methyl sites for hydroxylation is 1. The third-order valence-corrected chi connectivity index (χ3v) is 5.79. The van der Waals surface area contributed by atoms with E-state index in [0.717, 1.165) is 5.56 Å². The first-order valence-electron chi connectivity index (χ1n) is 10.9. The molecule has 0 aliphatic carbocycles. The van der Waals surface area contributed by atoms with Crippen molar-refractivity contribution in [2.45, 2.75) is 31.7 Å². The van der Waals surface area contributed by atoms with Gasteiger partial charge in [0.05, 0.1) is 22.4 Å². The van der Waals surface area contributed by atoms with E-state index in [1.54, 1.807) is 23.2 Å². The molecule has 0 radical (unpaired) electrons. The van der Waals surface area contributed by atoms with Crippen LogP contribution >= 0.6 is 0 Å². The average Bonchev–Trinajstić information content (AvgIpc) is 3.34. The van der Waals surface area contributed by atoms with Crippen LogP contribution in [0.1, 0.15) is 35.2 Å². The van der Waals surface area contributed by atoms with Gasteiger partial charge in [-0.25, -0.2) is 4.68 Å². The van der Waals surface area contributed by atoms with E-state index in [1.165, 1.54) is 23.0 Å². The molecule has 0 spiro atoms. The highest BCUT2D eigenvalue weighted by Gasteiger charge is 2.25. The van der Waals surface area contributed by atoms with E-state index in [2.05, 4.69) is 10.4 Å². The van der Waals surface area contributed by atoms with E-state index in [4.69, 9.17) is 0 Å². The summed E-state index contributed by atoms with van der Waals surface area (Å²) in [5.74, 6) is -0.0787. The number of likely N-dealkylation sites (tertiary alicyclic amines) is 1. The molecule has 33 heavy (non-hydrogen) atoms. The Kier molecular flexibility index (Phi) is 6.77. The number of carbonyl (C=O) groups excluding carboxylic acids is 2. The van der Waals surface area contributed by atoms with E-state index < -0.39 is 4.92 Å². The summed E-state index contributed by atoms with van der Waals surface area (Å²) in [6.07, 6.45) is 5.70. The van der Waals surface area contributed by atoms with Crippen LogP contribution in [0.25, 0.3) is 5.69 Å². The second kappa shape index (κ2) is 10.1. The Morgan fingerprint density at radius 1 is 1.06 bits per heavy atom. The molecule has 4 rings (SSSR count). The van der Waals surface area contributed by atoms with Crippen molar-refractivity contribution in [2.24, 2.45) is 0 Å². The lowest BCUT2D eigenvalue weighted by Crippen LogP contribution is -2.46. The number of amides is 2. The summed E-state index contributed by atoms with van der Waals surface area (Å²) >= 11 is 0. The molecule has 1 N–H and O–H groups in total. The van der Waals surface area contributed by atoms with E-state index >= 15 is 0 Å². The van der Waals surface area contributed by atoms with Gasteiger partial charge in [-0.05, 0) is 37.0 Å². The number of nitro groups is 1. The number of hydrogen-bond donors (Lipinski definition) is 1. The van der Waals surface area contributed by atoms with Crippen molar-refractivity contribution in [3.8, 4) is 5.69 Å². The highest BCUT2D eigenvalue weighted by atomic mass is 16.6. The molecule has 2 amide bonds. The topological polar surface area (TPSA) is 110 Å². The molecule has 0 unspecified atom stereocenters. The van der Waals surface area contributed by atoms with Gasteiger partial charge >= 0.3 is 0 Å². The fraction of sp³-hybridized carbons (Fsp3) is 0.292. The molecule has 9 heteroatoms. The van der Waals surface area contributed by atoms with Crippen molar-refractivity contribution in [2.75, 3.05) is 13.1 Å². The smallest absolute Gasteiger partial charge is 0.269 e. The van der Waals surface area contributed by atoms with Crippen LogP contribution < -0.4 is 5.32 Å². The fourth-order valence-corrected chi connectivity index (χ4v) is 3.91. The third kappa shape index (κ3) is 5.62. The number of aromatic nitrogens is 2. The molecule has 1 aliphatic rings. The van der Waals surface area contributed by atoms with Crippen molar-refractivity contribution in [3.05, 3.63) is 88.2 Å². The molecule has 1 saturated heterocycles. The quantitative estimate of drug-likeness (QED) is 0.442. The number of nitro benzene ring substituents is 1. The van der Waals surface area contributed by atoms with Crippen molar-refractivity contribution in [1.82, 2.24) is 20.0 Å². The third-order valence-electron chi connectivity index (χ3n) is 5.79. The first-order chi connectivity index (χ1) is 16.0. The predicted octanol–water partition coefficient (Wildman–Crippen LogP) is 3.13. The Morgan fingerprint density at radius 3 is 2.42 bits per heavy atom. The molecule has 0 saturated carbocycles. The number of benzene rings is 2. The summed E-state index contributed by atoms with van der Waals surface area (Å²) in [6, 6.07) is 16.0. The van der Waals surface area contributed by atoms with Gasteiger partial charge < -0.3 is 10.2 Å². The molecule has 9 nitrogen and oxygen atoms in total. The van der Waals surface area contributed by atoms with Gasteiger partial charge in [-0.3, -0.25) is 19.7 Å². The molecule has 2 aromatic carbocycles. The summed E-state index contributed by atoms with van der Waals surface area (Å²) < 4.78 is 1.52. The number of rotatable bonds is 7. The van der Waals surface area contributed by atoms with Gasteiger partial charge in [0.1, 0.15) is 0 Å². The Labute approximate surface area is 191 Å². The molecule has 2 heterocycles. The van der Waals surface area contributed by atoms with Crippen LogP contribution in [0.5, 0.6) is 0 Å². The lowest BCUT2D eigenvalue weighted by molar-refractivity contribution is -0.384. The van der Waals surface area contributed by atoms with Gasteiger partial charge in [-0.2, -0.15) is 5.10 Å². The number of non-ortho nitro benzene ring substituents is 1. The minimum absolute atomic E-state index is 0.00256. The van der Waals surface area contributed by atoms with Crippen molar-refractivity contribution >= 4 is 17.5 Å². The summed E-state index contributed by atoms with van der Waals surface area (Å²) in [5.41, 5.74) is 2.23. The maximum Gasteiger partial charge on any atom is 0.269 e. The van der Waals surface area contributed by atoms with Gasteiger partial charge in [-0.1, -0.05) is 30.3 Å². The van der Waals surface area contributed by atoms with Gasteiger partial charge in [-0.15, -0.1) is 0 Å². The zero-order valence-electron chi connectivity index (χ0n) is 18.1. The Bertz CT molecular complexity index is 1120. The lowest BCUT2D eigenvalue weighted by Gasteiger charge is -2.32. The zero-order valence-corrected chi connectivity index (χ0v) is 18.1. The number of hydrogen-bond acceptors (Lipinski definition) is 5. The summed E-state index contributed by atoms with van der Waals surface area (Å²) in [5, 5.41) is 18.1. The molecule has 170 valence electrons. The largest absolute Gasteiger partial charge is 0.353 e. The molecule has 1 aliphatic heterocycles. The second-order valence-corrected chi connectivity index (χ2v) is 8.07. The zero-order chi connectivity index (χ0) is 23.2. The maximum atomic E-state index is 12.9. The minimum Gasteiger partial charge on any atom is -0.353 e. The Morgan fingerprint density at radius 2 is 1.76 bits per heavy atom. The Balaban J connectivity index is 1.26. The maximum absolute atomic E-state index is 12.9. The van der Waals surface area contributed by atoms with Crippen molar-refractivity contribution in [3.63, 3.8) is 0 Å². The first kappa shape index (κ1) is 22.2.